The molecule has 1 aliphatic carbocycles. The van der Waals surface area contributed by atoms with Gasteiger partial charge in [-0.3, -0.25) is 0 Å². The Balaban J connectivity index is 1.79. The first-order valence-electron chi connectivity index (χ1n) is 6.87. The molecule has 1 atom stereocenters. The molecule has 0 fully saturated rings. The molecule has 1 unspecified atom stereocenters. The average molecular weight is 285 g/mol. The SMILES string of the molecule is COc1ccc2c(c1)C(Nc1ccc(SC)cc1)CC2. The number of nitrogens with one attached hydrogen (secondary N) is 1. The third kappa shape index (κ3) is 2.63. The Hall–Kier alpha value is -1.61. The summed E-state index contributed by atoms with van der Waals surface area (Å²) in [5.74, 6) is 0.940. The Labute approximate surface area is 124 Å². The summed E-state index contributed by atoms with van der Waals surface area (Å²) < 4.78 is 5.34. The number of methoxy groups -OCH3 is 1. The van der Waals surface area contributed by atoms with Crippen LogP contribution in [0.5, 0.6) is 5.75 Å². The maximum Gasteiger partial charge on any atom is 0.119 e. The van der Waals surface area contributed by atoms with Gasteiger partial charge in [0.15, 0.2) is 0 Å². The van der Waals surface area contributed by atoms with Crippen molar-refractivity contribution in [1.29, 1.82) is 0 Å². The Morgan fingerprint density at radius 3 is 2.65 bits per heavy atom. The zero-order chi connectivity index (χ0) is 13.9. The molecule has 0 amide bonds. The van der Waals surface area contributed by atoms with Crippen LogP contribution in [0.15, 0.2) is 47.4 Å². The highest BCUT2D eigenvalue weighted by atomic mass is 32.2. The second-order valence-corrected chi connectivity index (χ2v) is 5.91. The molecular weight excluding hydrogens is 266 g/mol. The standard InChI is InChI=1S/C17H19NOS/c1-19-14-7-3-12-4-10-17(16(12)11-14)18-13-5-8-15(20-2)9-6-13/h3,5-9,11,17-18H,4,10H2,1-2H3. The van der Waals surface area contributed by atoms with Gasteiger partial charge in [-0.15, -0.1) is 11.8 Å². The molecule has 0 bridgehead atoms. The fourth-order valence-electron chi connectivity index (χ4n) is 2.75. The summed E-state index contributed by atoms with van der Waals surface area (Å²) in [5, 5.41) is 3.63. The minimum Gasteiger partial charge on any atom is -0.497 e. The molecule has 3 rings (SSSR count). The van der Waals surface area contributed by atoms with Gasteiger partial charge in [0.25, 0.3) is 0 Å². The third-order valence-electron chi connectivity index (χ3n) is 3.86. The number of aryl methyl sites for hydroxylation is 1. The third-order valence-corrected chi connectivity index (χ3v) is 4.61. The molecule has 1 aliphatic rings. The lowest BCUT2D eigenvalue weighted by Crippen LogP contribution is -2.07. The Bertz CT molecular complexity index is 594. The normalized spacial score (nSPS) is 16.8. The summed E-state index contributed by atoms with van der Waals surface area (Å²) >= 11 is 1.77. The second-order valence-electron chi connectivity index (χ2n) is 5.03. The molecule has 2 aromatic carbocycles. The van der Waals surface area contributed by atoms with Gasteiger partial charge >= 0.3 is 0 Å². The van der Waals surface area contributed by atoms with Gasteiger partial charge in [0.05, 0.1) is 13.2 Å². The van der Waals surface area contributed by atoms with Crippen LogP contribution in [0.25, 0.3) is 0 Å². The van der Waals surface area contributed by atoms with Crippen molar-refractivity contribution in [3.05, 3.63) is 53.6 Å². The Morgan fingerprint density at radius 1 is 1.15 bits per heavy atom. The van der Waals surface area contributed by atoms with Crippen molar-refractivity contribution < 1.29 is 4.74 Å². The molecule has 0 saturated heterocycles. The van der Waals surface area contributed by atoms with Crippen molar-refractivity contribution in [1.82, 2.24) is 0 Å². The highest BCUT2D eigenvalue weighted by Gasteiger charge is 2.22. The zero-order valence-electron chi connectivity index (χ0n) is 11.8. The molecule has 3 heteroatoms. The van der Waals surface area contributed by atoms with Crippen molar-refractivity contribution in [2.24, 2.45) is 0 Å². The quantitative estimate of drug-likeness (QED) is 0.835. The van der Waals surface area contributed by atoms with Gasteiger partial charge < -0.3 is 10.1 Å². The number of benzene rings is 2. The number of ether oxygens (including phenoxy) is 1. The average Bonchev–Trinajstić information content (AvgIpc) is 2.90. The number of hydrogen-bond acceptors (Lipinski definition) is 3. The monoisotopic (exact) mass is 285 g/mol. The van der Waals surface area contributed by atoms with E-state index in [1.54, 1.807) is 18.9 Å². The van der Waals surface area contributed by atoms with Gasteiger partial charge in [-0.05, 0) is 66.6 Å². The zero-order valence-corrected chi connectivity index (χ0v) is 12.7. The summed E-state index contributed by atoms with van der Waals surface area (Å²) in [5.41, 5.74) is 3.99. The molecule has 0 radical (unpaired) electrons. The van der Waals surface area contributed by atoms with Crippen molar-refractivity contribution >= 4 is 17.4 Å². The van der Waals surface area contributed by atoms with E-state index in [0.29, 0.717) is 6.04 Å². The molecule has 0 heterocycles. The fraction of sp³-hybridized carbons (Fsp3) is 0.294. The summed E-state index contributed by atoms with van der Waals surface area (Å²) in [7, 11) is 1.72. The summed E-state index contributed by atoms with van der Waals surface area (Å²) in [6.45, 7) is 0. The lowest BCUT2D eigenvalue weighted by Gasteiger charge is -2.16. The molecular formula is C17H19NOS. The molecule has 0 saturated carbocycles. The van der Waals surface area contributed by atoms with Crippen LogP contribution < -0.4 is 10.1 Å². The van der Waals surface area contributed by atoms with Crippen LogP contribution in [0.1, 0.15) is 23.6 Å². The maximum atomic E-state index is 5.34. The van der Waals surface area contributed by atoms with Gasteiger partial charge in [0.1, 0.15) is 5.75 Å². The lowest BCUT2D eigenvalue weighted by atomic mass is 10.1. The van der Waals surface area contributed by atoms with E-state index in [9.17, 15) is 0 Å². The van der Waals surface area contributed by atoms with Gasteiger partial charge in [-0.2, -0.15) is 0 Å². The van der Waals surface area contributed by atoms with E-state index in [2.05, 4.69) is 54.0 Å². The number of hydrogen-bond donors (Lipinski definition) is 1. The van der Waals surface area contributed by atoms with Gasteiger partial charge in [0, 0.05) is 10.6 Å². The molecule has 0 aromatic heterocycles. The largest absolute Gasteiger partial charge is 0.497 e. The second kappa shape index (κ2) is 5.80. The first-order valence-corrected chi connectivity index (χ1v) is 8.10. The number of fused-ring (bicyclic) bond motifs is 1. The van der Waals surface area contributed by atoms with Gasteiger partial charge in [-0.25, -0.2) is 0 Å². The number of thioether (sulfide) groups is 1. The summed E-state index contributed by atoms with van der Waals surface area (Å²) in [6.07, 6.45) is 4.38. The first kappa shape index (κ1) is 13.4. The summed E-state index contributed by atoms with van der Waals surface area (Å²) in [6, 6.07) is 15.4. The Morgan fingerprint density at radius 2 is 1.95 bits per heavy atom. The van der Waals surface area contributed by atoms with Gasteiger partial charge in [-0.1, -0.05) is 6.07 Å². The van der Waals surface area contributed by atoms with E-state index < -0.39 is 0 Å². The smallest absolute Gasteiger partial charge is 0.119 e. The Kier molecular flexibility index (Phi) is 3.88. The van der Waals surface area contributed by atoms with Crippen LogP contribution in [0.4, 0.5) is 5.69 Å². The van der Waals surface area contributed by atoms with E-state index in [1.165, 1.54) is 21.7 Å². The molecule has 2 nitrogen and oxygen atoms in total. The van der Waals surface area contributed by atoms with Crippen LogP contribution in [-0.2, 0) is 6.42 Å². The van der Waals surface area contributed by atoms with Crippen LogP contribution in [0.3, 0.4) is 0 Å². The van der Waals surface area contributed by atoms with E-state index in [1.807, 2.05) is 0 Å². The fourth-order valence-corrected chi connectivity index (χ4v) is 3.15. The molecule has 20 heavy (non-hydrogen) atoms. The van der Waals surface area contributed by atoms with E-state index in [0.717, 1.165) is 18.6 Å². The first-order chi connectivity index (χ1) is 9.80. The van der Waals surface area contributed by atoms with Crippen molar-refractivity contribution in [3.8, 4) is 5.75 Å². The van der Waals surface area contributed by atoms with Crippen LogP contribution in [0, 0.1) is 0 Å². The van der Waals surface area contributed by atoms with Crippen molar-refractivity contribution in [2.75, 3.05) is 18.7 Å². The molecule has 104 valence electrons. The number of anilines is 1. The van der Waals surface area contributed by atoms with Gasteiger partial charge in [0.2, 0.25) is 0 Å². The van der Waals surface area contributed by atoms with Crippen LogP contribution >= 0.6 is 11.8 Å². The highest BCUT2D eigenvalue weighted by molar-refractivity contribution is 7.98. The van der Waals surface area contributed by atoms with Crippen LogP contribution in [-0.4, -0.2) is 13.4 Å². The number of rotatable bonds is 4. The van der Waals surface area contributed by atoms with Crippen molar-refractivity contribution in [3.63, 3.8) is 0 Å². The highest BCUT2D eigenvalue weighted by Crippen LogP contribution is 2.36. The van der Waals surface area contributed by atoms with E-state index in [-0.39, 0.29) is 0 Å². The lowest BCUT2D eigenvalue weighted by molar-refractivity contribution is 0.414. The predicted molar refractivity (Wildman–Crippen MR) is 85.9 cm³/mol. The van der Waals surface area contributed by atoms with Crippen molar-refractivity contribution in [2.45, 2.75) is 23.8 Å². The predicted octanol–water partition coefficient (Wildman–Crippen LogP) is 4.52. The van der Waals surface area contributed by atoms with E-state index >= 15 is 0 Å². The summed E-state index contributed by atoms with van der Waals surface area (Å²) in [4.78, 5) is 1.30. The molecule has 0 spiro atoms. The molecule has 0 aliphatic heterocycles. The van der Waals surface area contributed by atoms with Crippen LogP contribution in [0.2, 0.25) is 0 Å². The minimum atomic E-state index is 0.389. The molecule has 2 aromatic rings. The maximum absolute atomic E-state index is 5.34. The topological polar surface area (TPSA) is 21.3 Å². The minimum absolute atomic E-state index is 0.389. The molecule has 1 N–H and O–H groups in total. The van der Waals surface area contributed by atoms with E-state index in [4.69, 9.17) is 4.74 Å².